The summed E-state index contributed by atoms with van der Waals surface area (Å²) in [4.78, 5) is 11.3. The predicted octanol–water partition coefficient (Wildman–Crippen LogP) is 14.9. The molecule has 0 fully saturated rings. The lowest BCUT2D eigenvalue weighted by molar-refractivity contribution is 0.940. The van der Waals surface area contributed by atoms with Crippen molar-refractivity contribution >= 4 is 43.9 Å². The third kappa shape index (κ3) is 5.37. The van der Waals surface area contributed by atoms with Crippen LogP contribution in [-0.2, 0) is 14.1 Å². The minimum atomic E-state index is 1.01. The number of benzene rings is 5. The first kappa shape index (κ1) is 43.4. The Hall–Kier alpha value is -5.88. The van der Waals surface area contributed by atoms with E-state index in [9.17, 15) is 0 Å². The molecule has 0 saturated carbocycles. The molecular weight excluding hydrogens is 781 g/mol. The zero-order valence-corrected chi connectivity index (χ0v) is 42.8. The second-order valence-electron chi connectivity index (χ2n) is 19.9. The van der Waals surface area contributed by atoms with Crippen LogP contribution in [0.2, 0.25) is 0 Å². The van der Waals surface area contributed by atoms with Crippen molar-refractivity contribution in [2.24, 2.45) is 14.1 Å². The van der Waals surface area contributed by atoms with Crippen molar-refractivity contribution in [2.45, 2.75) is 138 Å². The summed E-state index contributed by atoms with van der Waals surface area (Å²) in [6.07, 6.45) is 4.71. The van der Waals surface area contributed by atoms with Crippen LogP contribution in [0.25, 0.3) is 78.0 Å². The van der Waals surface area contributed by atoms with Crippen LogP contribution in [0, 0.1) is 138 Å². The summed E-state index contributed by atoms with van der Waals surface area (Å²) in [6, 6.07) is 0. The lowest BCUT2D eigenvalue weighted by atomic mass is 9.88. The van der Waals surface area contributed by atoms with E-state index in [-0.39, 0.29) is 0 Å². The monoisotopic (exact) mass is 849 g/mol. The quantitative estimate of drug-likeness (QED) is 0.177. The average molecular weight is 849 g/mol. The summed E-state index contributed by atoms with van der Waals surface area (Å²) in [5.41, 5.74) is 38.3. The maximum atomic E-state index is 5.63. The van der Waals surface area contributed by atoms with Crippen LogP contribution in [0.4, 0.5) is 0 Å². The number of rotatable bonds is 4. The van der Waals surface area contributed by atoms with Gasteiger partial charge >= 0.3 is 0 Å². The maximum Gasteiger partial charge on any atom is 0.141 e. The first-order chi connectivity index (χ1) is 30.0. The Morgan fingerprint density at radius 2 is 0.578 bits per heavy atom. The van der Waals surface area contributed by atoms with Gasteiger partial charge in [-0.05, 0) is 239 Å². The van der Waals surface area contributed by atoms with Crippen molar-refractivity contribution in [2.75, 3.05) is 0 Å². The molecule has 4 aromatic heterocycles. The van der Waals surface area contributed by atoms with Gasteiger partial charge in [-0.15, -0.1) is 0 Å². The predicted molar refractivity (Wildman–Crippen MR) is 274 cm³/mol. The standard InChI is InChI=1S/C58H68N6/c1-25-23-63(53-37(13)29(5)27(3)31(7)45(25)53)51-39(15)41(17)55-49(43(51)19)59-57(61(55)21)47-33(9)35(11)48(36(12)34(47)10)58-60-50-44(20)52(40(16)42(18)56(50)62(58)22)64-24-26(2)46-32(8)28(4)30(6)38(14)54(46)64/h23-24H,1-22H3. The van der Waals surface area contributed by atoms with Crippen molar-refractivity contribution in [3.8, 4) is 34.2 Å². The van der Waals surface area contributed by atoms with E-state index in [4.69, 9.17) is 9.97 Å². The molecule has 0 bridgehead atoms. The number of imidazole rings is 2. The van der Waals surface area contributed by atoms with Crippen molar-refractivity contribution in [1.29, 1.82) is 0 Å². The van der Waals surface area contributed by atoms with Crippen molar-refractivity contribution < 1.29 is 0 Å². The van der Waals surface area contributed by atoms with Crippen molar-refractivity contribution in [3.05, 3.63) is 124 Å². The Balaban J connectivity index is 1.24. The van der Waals surface area contributed by atoms with Gasteiger partial charge in [-0.1, -0.05) is 0 Å². The van der Waals surface area contributed by atoms with E-state index >= 15 is 0 Å². The smallest absolute Gasteiger partial charge is 0.141 e. The van der Waals surface area contributed by atoms with Crippen LogP contribution >= 0.6 is 0 Å². The van der Waals surface area contributed by atoms with E-state index in [1.165, 1.54) is 167 Å². The maximum absolute atomic E-state index is 5.63. The van der Waals surface area contributed by atoms with E-state index < -0.39 is 0 Å². The topological polar surface area (TPSA) is 45.5 Å². The van der Waals surface area contributed by atoms with Gasteiger partial charge < -0.3 is 18.3 Å². The fraction of sp³-hybridized carbons (Fsp3) is 0.379. The normalized spacial score (nSPS) is 12.2. The Kier molecular flexibility index (Phi) is 9.70. The average Bonchev–Trinajstić information content (AvgIpc) is 3.99. The molecule has 4 heterocycles. The first-order valence-electron chi connectivity index (χ1n) is 23.2. The van der Waals surface area contributed by atoms with Gasteiger partial charge in [0, 0.05) is 59.5 Å². The first-order valence-corrected chi connectivity index (χ1v) is 23.2. The number of fused-ring (bicyclic) bond motifs is 4. The van der Waals surface area contributed by atoms with Gasteiger partial charge in [0.2, 0.25) is 0 Å². The summed E-state index contributed by atoms with van der Waals surface area (Å²) < 4.78 is 9.66. The molecule has 0 radical (unpaired) electrons. The Morgan fingerprint density at radius 3 is 0.891 bits per heavy atom. The lowest BCUT2D eigenvalue weighted by Crippen LogP contribution is -2.06. The van der Waals surface area contributed by atoms with Crippen LogP contribution in [0.5, 0.6) is 0 Å². The highest BCUT2D eigenvalue weighted by Crippen LogP contribution is 2.45. The number of aromatic nitrogens is 6. The number of aryl methyl sites for hydroxylation is 12. The van der Waals surface area contributed by atoms with Gasteiger partial charge in [-0.2, -0.15) is 0 Å². The third-order valence-corrected chi connectivity index (χ3v) is 16.9. The summed E-state index contributed by atoms with van der Waals surface area (Å²) in [6.45, 7) is 45.6. The van der Waals surface area contributed by atoms with Gasteiger partial charge in [-0.25, -0.2) is 9.97 Å². The van der Waals surface area contributed by atoms with E-state index in [1.807, 2.05) is 0 Å². The largest absolute Gasteiger partial charge is 0.327 e. The summed E-state index contributed by atoms with van der Waals surface area (Å²) in [5.74, 6) is 2.03. The molecule has 9 rings (SSSR count). The zero-order valence-electron chi connectivity index (χ0n) is 42.8. The third-order valence-electron chi connectivity index (χ3n) is 16.9. The summed E-state index contributed by atoms with van der Waals surface area (Å²) in [5, 5.41) is 2.75. The fourth-order valence-corrected chi connectivity index (χ4v) is 12.2. The molecule has 0 amide bonds. The molecule has 0 N–H and O–H groups in total. The Bertz CT molecular complexity index is 3330. The van der Waals surface area contributed by atoms with Crippen LogP contribution in [0.1, 0.15) is 111 Å². The Labute approximate surface area is 381 Å². The molecule has 5 aromatic carbocycles. The van der Waals surface area contributed by atoms with E-state index in [2.05, 4.69) is 183 Å². The van der Waals surface area contributed by atoms with Crippen molar-refractivity contribution in [3.63, 3.8) is 0 Å². The zero-order chi connectivity index (χ0) is 46.8. The highest BCUT2D eigenvalue weighted by atomic mass is 15.1. The van der Waals surface area contributed by atoms with Gasteiger partial charge in [0.25, 0.3) is 0 Å². The van der Waals surface area contributed by atoms with E-state index in [0.717, 1.165) is 22.7 Å². The minimum Gasteiger partial charge on any atom is -0.327 e. The van der Waals surface area contributed by atoms with Gasteiger partial charge in [0.15, 0.2) is 0 Å². The molecule has 64 heavy (non-hydrogen) atoms. The van der Waals surface area contributed by atoms with Crippen LogP contribution in [0.3, 0.4) is 0 Å². The molecule has 6 nitrogen and oxygen atoms in total. The van der Waals surface area contributed by atoms with Gasteiger partial charge in [-0.3, -0.25) is 0 Å². The molecule has 330 valence electrons. The van der Waals surface area contributed by atoms with Crippen molar-refractivity contribution in [1.82, 2.24) is 28.2 Å². The SMILES string of the molecule is Cc1c(C)c(-c2nc3c(C)c(-n4cc(C)c5c(C)c(C)c(C)c(C)c54)c(C)c(C)c3n2C)c(C)c(C)c1-c1nc2c(C)c(-n3cc(C)c4c(C)c(C)c(C)c(C)c43)c(C)c(C)c2n1C. The lowest BCUT2D eigenvalue weighted by Gasteiger charge is -2.21. The summed E-state index contributed by atoms with van der Waals surface area (Å²) >= 11 is 0. The molecule has 0 aliphatic rings. The number of hydrogen-bond donors (Lipinski definition) is 0. The van der Waals surface area contributed by atoms with Gasteiger partial charge in [0.1, 0.15) is 11.6 Å². The molecule has 6 heteroatoms. The molecule has 0 unspecified atom stereocenters. The van der Waals surface area contributed by atoms with Crippen LogP contribution in [-0.4, -0.2) is 28.2 Å². The molecule has 0 aliphatic carbocycles. The van der Waals surface area contributed by atoms with Gasteiger partial charge in [0.05, 0.1) is 44.5 Å². The minimum absolute atomic E-state index is 1.01. The van der Waals surface area contributed by atoms with E-state index in [0.29, 0.717) is 0 Å². The van der Waals surface area contributed by atoms with E-state index in [1.54, 1.807) is 0 Å². The number of nitrogens with zero attached hydrogens (tertiary/aromatic N) is 6. The second kappa shape index (κ2) is 14.3. The molecule has 9 aromatic rings. The fourth-order valence-electron chi connectivity index (χ4n) is 12.2. The molecule has 0 spiro atoms. The second-order valence-corrected chi connectivity index (χ2v) is 19.9. The highest BCUT2D eigenvalue weighted by Gasteiger charge is 2.29. The van der Waals surface area contributed by atoms with Crippen LogP contribution < -0.4 is 0 Å². The molecule has 0 atom stereocenters. The molecule has 0 saturated heterocycles. The highest BCUT2D eigenvalue weighted by molar-refractivity contribution is 5.99. The van der Waals surface area contributed by atoms with Crippen LogP contribution in [0.15, 0.2) is 12.4 Å². The molecular formula is C58H68N6. The Morgan fingerprint density at radius 1 is 0.297 bits per heavy atom. The number of hydrogen-bond acceptors (Lipinski definition) is 2. The summed E-state index contributed by atoms with van der Waals surface area (Å²) in [7, 11) is 4.42. The molecule has 0 aliphatic heterocycles.